The predicted octanol–water partition coefficient (Wildman–Crippen LogP) is 5.70. The van der Waals surface area contributed by atoms with Gasteiger partial charge in [0.25, 0.3) is 0 Å². The van der Waals surface area contributed by atoms with E-state index in [2.05, 4.69) is 79.7 Å². The number of hydrogen-bond donors (Lipinski definition) is 0. The molecule has 1 aliphatic carbocycles. The van der Waals surface area contributed by atoms with Crippen molar-refractivity contribution in [3.63, 3.8) is 0 Å². The molecule has 0 bridgehead atoms. The molecule has 1 aliphatic rings. The van der Waals surface area contributed by atoms with Gasteiger partial charge < -0.3 is 0 Å². The van der Waals surface area contributed by atoms with Crippen LogP contribution in [0.2, 0.25) is 0 Å². The fraction of sp³-hybridized carbons (Fsp3) is 0.143. The number of allylic oxidation sites excluding steroid dienone is 1. The standard InChI is InChI=1S/C21H18/c1-15-13-14-17-8-3-5-11-19(17)21(15)20-12-6-9-16-7-2-4-10-18(16)20/h2-11,13-14,20H,12H2,1H3/t20-/m1/s1. The molecule has 21 heavy (non-hydrogen) atoms. The van der Waals surface area contributed by atoms with Gasteiger partial charge in [0, 0.05) is 5.92 Å². The predicted molar refractivity (Wildman–Crippen MR) is 90.6 cm³/mol. The summed E-state index contributed by atoms with van der Waals surface area (Å²) in [5, 5.41) is 2.73. The van der Waals surface area contributed by atoms with E-state index in [0.29, 0.717) is 5.92 Å². The van der Waals surface area contributed by atoms with E-state index in [1.165, 1.54) is 33.0 Å². The topological polar surface area (TPSA) is 0 Å². The van der Waals surface area contributed by atoms with Crippen LogP contribution in [-0.4, -0.2) is 0 Å². The van der Waals surface area contributed by atoms with Crippen molar-refractivity contribution in [2.45, 2.75) is 19.3 Å². The fourth-order valence-corrected chi connectivity index (χ4v) is 3.58. The fourth-order valence-electron chi connectivity index (χ4n) is 3.58. The Labute approximate surface area is 125 Å². The summed E-state index contributed by atoms with van der Waals surface area (Å²) < 4.78 is 0. The highest BCUT2D eigenvalue weighted by molar-refractivity contribution is 5.88. The molecule has 0 unspecified atom stereocenters. The van der Waals surface area contributed by atoms with Gasteiger partial charge in [-0.05, 0) is 46.4 Å². The Morgan fingerprint density at radius 2 is 1.67 bits per heavy atom. The van der Waals surface area contributed by atoms with Gasteiger partial charge in [0.05, 0.1) is 0 Å². The summed E-state index contributed by atoms with van der Waals surface area (Å²) in [6, 6.07) is 22.0. The first-order chi connectivity index (χ1) is 10.3. The van der Waals surface area contributed by atoms with E-state index in [9.17, 15) is 0 Å². The van der Waals surface area contributed by atoms with Crippen molar-refractivity contribution in [2.24, 2.45) is 0 Å². The third-order valence-electron chi connectivity index (χ3n) is 4.58. The number of benzene rings is 3. The van der Waals surface area contributed by atoms with Crippen LogP contribution in [0.3, 0.4) is 0 Å². The van der Waals surface area contributed by atoms with Crippen LogP contribution < -0.4 is 0 Å². The van der Waals surface area contributed by atoms with Crippen molar-refractivity contribution < 1.29 is 0 Å². The van der Waals surface area contributed by atoms with Crippen molar-refractivity contribution in [1.82, 2.24) is 0 Å². The van der Waals surface area contributed by atoms with Gasteiger partial charge in [-0.3, -0.25) is 0 Å². The number of fused-ring (bicyclic) bond motifs is 2. The molecule has 0 saturated carbocycles. The number of aryl methyl sites for hydroxylation is 1. The lowest BCUT2D eigenvalue weighted by Gasteiger charge is -2.25. The molecule has 0 fully saturated rings. The van der Waals surface area contributed by atoms with E-state index < -0.39 is 0 Å². The zero-order valence-electron chi connectivity index (χ0n) is 12.2. The first kappa shape index (κ1) is 12.4. The lowest BCUT2D eigenvalue weighted by Crippen LogP contribution is -2.07. The highest BCUT2D eigenvalue weighted by Gasteiger charge is 2.21. The van der Waals surface area contributed by atoms with Crippen molar-refractivity contribution in [1.29, 1.82) is 0 Å². The molecule has 0 aromatic heterocycles. The highest BCUT2D eigenvalue weighted by atomic mass is 14.2. The largest absolute Gasteiger partial charge is 0.0830 e. The molecule has 0 heteroatoms. The van der Waals surface area contributed by atoms with Crippen LogP contribution in [0.5, 0.6) is 0 Å². The van der Waals surface area contributed by atoms with Gasteiger partial charge in [-0.1, -0.05) is 72.8 Å². The minimum Gasteiger partial charge on any atom is -0.0830 e. The molecule has 0 amide bonds. The van der Waals surface area contributed by atoms with Crippen molar-refractivity contribution in [3.05, 3.63) is 89.0 Å². The molecular formula is C21H18. The van der Waals surface area contributed by atoms with E-state index in [1.807, 2.05) is 0 Å². The average Bonchev–Trinajstić information content (AvgIpc) is 2.54. The molecule has 0 aliphatic heterocycles. The second-order valence-electron chi connectivity index (χ2n) is 5.84. The van der Waals surface area contributed by atoms with Crippen LogP contribution in [0.4, 0.5) is 0 Å². The summed E-state index contributed by atoms with van der Waals surface area (Å²) in [6.07, 6.45) is 5.66. The Hall–Kier alpha value is -2.34. The normalized spacial score (nSPS) is 16.9. The third-order valence-corrected chi connectivity index (χ3v) is 4.58. The van der Waals surface area contributed by atoms with Gasteiger partial charge in [-0.15, -0.1) is 0 Å². The maximum atomic E-state index is 2.31. The molecular weight excluding hydrogens is 252 g/mol. The molecule has 3 aromatic carbocycles. The summed E-state index contributed by atoms with van der Waals surface area (Å²) in [5.74, 6) is 0.470. The molecule has 102 valence electrons. The van der Waals surface area contributed by atoms with Crippen LogP contribution in [0.15, 0.2) is 66.7 Å². The van der Waals surface area contributed by atoms with Crippen LogP contribution >= 0.6 is 0 Å². The van der Waals surface area contributed by atoms with Gasteiger partial charge in [0.2, 0.25) is 0 Å². The first-order valence-electron chi connectivity index (χ1n) is 7.58. The van der Waals surface area contributed by atoms with Gasteiger partial charge in [-0.2, -0.15) is 0 Å². The number of hydrogen-bond acceptors (Lipinski definition) is 0. The third kappa shape index (κ3) is 1.99. The Kier molecular flexibility index (Phi) is 2.89. The van der Waals surface area contributed by atoms with E-state index >= 15 is 0 Å². The average molecular weight is 270 g/mol. The number of rotatable bonds is 1. The summed E-state index contributed by atoms with van der Waals surface area (Å²) in [4.78, 5) is 0. The van der Waals surface area contributed by atoms with Gasteiger partial charge in [-0.25, -0.2) is 0 Å². The monoisotopic (exact) mass is 270 g/mol. The van der Waals surface area contributed by atoms with Crippen molar-refractivity contribution >= 4 is 16.8 Å². The molecule has 1 atom stereocenters. The highest BCUT2D eigenvalue weighted by Crippen LogP contribution is 2.39. The van der Waals surface area contributed by atoms with Crippen LogP contribution in [0.25, 0.3) is 16.8 Å². The maximum absolute atomic E-state index is 2.31. The van der Waals surface area contributed by atoms with Crippen LogP contribution in [-0.2, 0) is 0 Å². The van der Waals surface area contributed by atoms with Gasteiger partial charge in [0.15, 0.2) is 0 Å². The van der Waals surface area contributed by atoms with Crippen LogP contribution in [0.1, 0.15) is 34.6 Å². The second kappa shape index (κ2) is 4.89. The molecule has 0 radical (unpaired) electrons. The summed E-state index contributed by atoms with van der Waals surface area (Å²) >= 11 is 0. The zero-order valence-corrected chi connectivity index (χ0v) is 12.2. The molecule has 0 heterocycles. The summed E-state index contributed by atoms with van der Waals surface area (Å²) in [5.41, 5.74) is 5.70. The zero-order chi connectivity index (χ0) is 14.2. The van der Waals surface area contributed by atoms with E-state index in [1.54, 1.807) is 0 Å². The minimum absolute atomic E-state index is 0.470. The van der Waals surface area contributed by atoms with Crippen molar-refractivity contribution in [3.8, 4) is 0 Å². The SMILES string of the molecule is Cc1ccc2ccccc2c1[C@@H]1CC=Cc2ccccc21. The second-order valence-corrected chi connectivity index (χ2v) is 5.84. The van der Waals surface area contributed by atoms with Crippen LogP contribution in [0, 0.1) is 6.92 Å². The van der Waals surface area contributed by atoms with Gasteiger partial charge >= 0.3 is 0 Å². The Morgan fingerprint density at radius 1 is 0.857 bits per heavy atom. The molecule has 0 spiro atoms. The molecule has 0 saturated heterocycles. The lowest BCUT2D eigenvalue weighted by molar-refractivity contribution is 0.820. The molecule has 3 aromatic rings. The Balaban J connectivity index is 1.99. The van der Waals surface area contributed by atoms with Gasteiger partial charge in [0.1, 0.15) is 0 Å². The molecule has 4 rings (SSSR count). The Morgan fingerprint density at radius 3 is 2.62 bits per heavy atom. The maximum Gasteiger partial charge on any atom is 0.0139 e. The Bertz CT molecular complexity index is 840. The minimum atomic E-state index is 0.470. The smallest absolute Gasteiger partial charge is 0.0139 e. The first-order valence-corrected chi connectivity index (χ1v) is 7.58. The van der Waals surface area contributed by atoms with E-state index in [4.69, 9.17) is 0 Å². The lowest BCUT2D eigenvalue weighted by atomic mass is 9.79. The van der Waals surface area contributed by atoms with E-state index in [-0.39, 0.29) is 0 Å². The molecule has 0 N–H and O–H groups in total. The molecule has 0 nitrogen and oxygen atoms in total. The van der Waals surface area contributed by atoms with Crippen molar-refractivity contribution in [2.75, 3.05) is 0 Å². The quantitative estimate of drug-likeness (QED) is 0.532. The summed E-state index contributed by atoms with van der Waals surface area (Å²) in [6.45, 7) is 2.24. The van der Waals surface area contributed by atoms with E-state index in [0.717, 1.165) is 6.42 Å². The summed E-state index contributed by atoms with van der Waals surface area (Å²) in [7, 11) is 0.